The maximum absolute atomic E-state index is 12.5. The summed E-state index contributed by atoms with van der Waals surface area (Å²) in [6.07, 6.45) is -2.36. The van der Waals surface area contributed by atoms with Crippen LogP contribution in [0.3, 0.4) is 0 Å². The van der Waals surface area contributed by atoms with Gasteiger partial charge in [0.1, 0.15) is 0 Å². The molecule has 0 aliphatic heterocycles. The molecule has 14 heavy (non-hydrogen) atoms. The summed E-state index contributed by atoms with van der Waals surface area (Å²) in [6, 6.07) is 0. The van der Waals surface area contributed by atoms with Crippen LogP contribution in [0.2, 0.25) is 5.02 Å². The van der Waals surface area contributed by atoms with E-state index in [1.54, 1.807) is 13.8 Å². The average Bonchev–Trinajstić information content (AvgIpc) is 2.01. The van der Waals surface area contributed by atoms with Gasteiger partial charge in [0.05, 0.1) is 10.6 Å². The topological polar surface area (TPSA) is 12.9 Å². The van der Waals surface area contributed by atoms with E-state index in [9.17, 15) is 13.2 Å². The van der Waals surface area contributed by atoms with Crippen molar-refractivity contribution in [2.45, 2.75) is 25.9 Å². The summed E-state index contributed by atoms with van der Waals surface area (Å²) in [5, 5.41) is 0.0647. The van der Waals surface area contributed by atoms with E-state index >= 15 is 0 Å². The van der Waals surface area contributed by atoms with Crippen molar-refractivity contribution in [1.82, 2.24) is 4.98 Å². The molecule has 1 rings (SSSR count). The number of alkyl halides is 3. The predicted molar refractivity (Wildman–Crippen MR) is 48.3 cm³/mol. The summed E-state index contributed by atoms with van der Waals surface area (Å²) in [5.41, 5.74) is -0.644. The normalized spacial score (nSPS) is 12.2. The zero-order valence-electron chi connectivity index (χ0n) is 7.69. The van der Waals surface area contributed by atoms with Gasteiger partial charge in [0.25, 0.3) is 0 Å². The predicted octanol–water partition coefficient (Wildman–Crippen LogP) is 3.88. The third kappa shape index (κ3) is 2.18. The Morgan fingerprint density at radius 2 is 1.86 bits per heavy atom. The molecule has 0 N–H and O–H groups in total. The van der Waals surface area contributed by atoms with Crippen LogP contribution in [0.4, 0.5) is 13.2 Å². The fourth-order valence-corrected chi connectivity index (χ4v) is 1.63. The second kappa shape index (κ2) is 3.77. The van der Waals surface area contributed by atoms with E-state index in [1.165, 1.54) is 6.20 Å². The Morgan fingerprint density at radius 1 is 1.29 bits per heavy atom. The van der Waals surface area contributed by atoms with Gasteiger partial charge in [0, 0.05) is 12.4 Å². The Labute approximate surface area is 84.9 Å². The van der Waals surface area contributed by atoms with Gasteiger partial charge < -0.3 is 0 Å². The third-order valence-electron chi connectivity index (χ3n) is 1.82. The Hall–Kier alpha value is -0.770. The van der Waals surface area contributed by atoms with Crippen molar-refractivity contribution in [3.63, 3.8) is 0 Å². The molecule has 0 spiro atoms. The fraction of sp³-hybridized carbons (Fsp3) is 0.444. The molecule has 1 aromatic rings. The molecule has 1 aromatic heterocycles. The van der Waals surface area contributed by atoms with Crippen molar-refractivity contribution in [2.75, 3.05) is 0 Å². The van der Waals surface area contributed by atoms with Crippen molar-refractivity contribution in [1.29, 1.82) is 0 Å². The quantitative estimate of drug-likeness (QED) is 0.704. The minimum Gasteiger partial charge on any atom is -0.263 e. The lowest BCUT2D eigenvalue weighted by molar-refractivity contribution is -0.138. The fourth-order valence-electron chi connectivity index (χ4n) is 1.26. The highest BCUT2D eigenvalue weighted by atomic mass is 35.5. The van der Waals surface area contributed by atoms with Crippen LogP contribution in [0.5, 0.6) is 0 Å². The molecule has 0 amide bonds. The van der Waals surface area contributed by atoms with Crippen LogP contribution >= 0.6 is 11.6 Å². The van der Waals surface area contributed by atoms with Crippen LogP contribution in [0, 0.1) is 0 Å². The van der Waals surface area contributed by atoms with Crippen LogP contribution in [-0.2, 0) is 6.18 Å². The van der Waals surface area contributed by atoms with Gasteiger partial charge in [0.2, 0.25) is 0 Å². The van der Waals surface area contributed by atoms with E-state index in [1.807, 2.05) is 0 Å². The van der Waals surface area contributed by atoms with Crippen LogP contribution in [0.25, 0.3) is 0 Å². The van der Waals surface area contributed by atoms with E-state index in [0.29, 0.717) is 0 Å². The maximum Gasteiger partial charge on any atom is 0.418 e. The molecule has 0 aliphatic carbocycles. The number of pyridine rings is 1. The molecule has 0 saturated heterocycles. The van der Waals surface area contributed by atoms with Crippen molar-refractivity contribution < 1.29 is 13.2 Å². The highest BCUT2D eigenvalue weighted by Crippen LogP contribution is 2.37. The highest BCUT2D eigenvalue weighted by Gasteiger charge is 2.35. The van der Waals surface area contributed by atoms with Crippen molar-refractivity contribution in [2.24, 2.45) is 0 Å². The molecular weight excluding hydrogens is 215 g/mol. The Morgan fingerprint density at radius 3 is 2.21 bits per heavy atom. The van der Waals surface area contributed by atoms with Gasteiger partial charge >= 0.3 is 6.18 Å². The van der Waals surface area contributed by atoms with Gasteiger partial charge in [-0.15, -0.1) is 0 Å². The molecule has 0 radical (unpaired) electrons. The molecular formula is C9H9ClF3N. The zero-order valence-corrected chi connectivity index (χ0v) is 8.45. The molecule has 0 bridgehead atoms. The van der Waals surface area contributed by atoms with Crippen LogP contribution < -0.4 is 0 Å². The van der Waals surface area contributed by atoms with E-state index < -0.39 is 11.7 Å². The molecule has 0 aromatic carbocycles. The lowest BCUT2D eigenvalue weighted by Crippen LogP contribution is -2.11. The maximum atomic E-state index is 12.5. The first kappa shape index (κ1) is 11.3. The summed E-state index contributed by atoms with van der Waals surface area (Å²) in [4.78, 5) is 3.44. The molecule has 5 heteroatoms. The Balaban J connectivity index is 3.36. The SMILES string of the molecule is CC(C)c1c(Cl)cncc1C(F)(F)F. The molecule has 0 unspecified atom stereocenters. The molecule has 0 fully saturated rings. The summed E-state index contributed by atoms with van der Waals surface area (Å²) in [7, 11) is 0. The standard InChI is InChI=1S/C9H9ClF3N/c1-5(2)8-6(9(11,12)13)3-14-4-7(8)10/h3-5H,1-2H3. The minimum atomic E-state index is -4.39. The Kier molecular flexibility index (Phi) is 3.04. The van der Waals surface area contributed by atoms with Gasteiger partial charge in [-0.2, -0.15) is 13.2 Å². The third-order valence-corrected chi connectivity index (χ3v) is 2.12. The van der Waals surface area contributed by atoms with Crippen LogP contribution in [0.15, 0.2) is 12.4 Å². The van der Waals surface area contributed by atoms with Crippen molar-refractivity contribution >= 4 is 11.6 Å². The van der Waals surface area contributed by atoms with Crippen molar-refractivity contribution in [3.8, 4) is 0 Å². The van der Waals surface area contributed by atoms with Crippen molar-refractivity contribution in [3.05, 3.63) is 28.5 Å². The zero-order chi connectivity index (χ0) is 10.9. The molecule has 0 atom stereocenters. The molecule has 0 aliphatic rings. The monoisotopic (exact) mass is 223 g/mol. The second-order valence-electron chi connectivity index (χ2n) is 3.24. The largest absolute Gasteiger partial charge is 0.418 e. The molecule has 0 saturated carbocycles. The smallest absolute Gasteiger partial charge is 0.263 e. The molecule has 78 valence electrons. The minimum absolute atomic E-state index is 0.0647. The molecule has 1 nitrogen and oxygen atoms in total. The van der Waals surface area contributed by atoms with E-state index in [0.717, 1.165) is 6.20 Å². The highest BCUT2D eigenvalue weighted by molar-refractivity contribution is 6.31. The average molecular weight is 224 g/mol. The van der Waals surface area contributed by atoms with E-state index in [2.05, 4.69) is 4.98 Å². The van der Waals surface area contributed by atoms with Gasteiger partial charge in [-0.3, -0.25) is 4.98 Å². The van der Waals surface area contributed by atoms with Crippen LogP contribution in [-0.4, -0.2) is 4.98 Å². The van der Waals surface area contributed by atoms with Crippen LogP contribution in [0.1, 0.15) is 30.9 Å². The lowest BCUT2D eigenvalue weighted by atomic mass is 9.99. The first-order valence-electron chi connectivity index (χ1n) is 4.04. The summed E-state index contributed by atoms with van der Waals surface area (Å²) in [6.45, 7) is 3.33. The Bertz CT molecular complexity index is 333. The summed E-state index contributed by atoms with van der Waals surface area (Å²) < 4.78 is 37.5. The number of nitrogens with zero attached hydrogens (tertiary/aromatic N) is 1. The van der Waals surface area contributed by atoms with Gasteiger partial charge in [0.15, 0.2) is 0 Å². The number of hydrogen-bond acceptors (Lipinski definition) is 1. The molecule has 1 heterocycles. The number of halogens is 4. The summed E-state index contributed by atoms with van der Waals surface area (Å²) in [5.74, 6) is -0.276. The first-order valence-corrected chi connectivity index (χ1v) is 4.42. The second-order valence-corrected chi connectivity index (χ2v) is 3.64. The number of aromatic nitrogens is 1. The first-order chi connectivity index (χ1) is 6.34. The van der Waals surface area contributed by atoms with Gasteiger partial charge in [-0.05, 0) is 11.5 Å². The lowest BCUT2D eigenvalue weighted by Gasteiger charge is -2.15. The van der Waals surface area contributed by atoms with E-state index in [-0.39, 0.29) is 16.5 Å². The van der Waals surface area contributed by atoms with Gasteiger partial charge in [-0.25, -0.2) is 0 Å². The van der Waals surface area contributed by atoms with E-state index in [4.69, 9.17) is 11.6 Å². The summed E-state index contributed by atoms with van der Waals surface area (Å²) >= 11 is 5.67. The van der Waals surface area contributed by atoms with Gasteiger partial charge in [-0.1, -0.05) is 25.4 Å². The number of hydrogen-bond donors (Lipinski definition) is 0. The number of rotatable bonds is 1.